The molecule has 0 saturated heterocycles. The zero-order valence-corrected chi connectivity index (χ0v) is 8.75. The number of ketones is 1. The molecule has 0 aliphatic carbocycles. The number of carbonyl (C=O) groups excluding carboxylic acids is 3. The summed E-state index contributed by atoms with van der Waals surface area (Å²) in [7, 11) is 2.37. The molecule has 14 heavy (non-hydrogen) atoms. The van der Waals surface area contributed by atoms with Crippen LogP contribution in [0, 0.1) is 5.41 Å². The zero-order valence-electron chi connectivity index (χ0n) is 8.75. The fourth-order valence-electron chi connectivity index (χ4n) is 0.793. The SMILES string of the molecule is COC(=O)CC(=O)C(C)(C)C(=O)OC. The van der Waals surface area contributed by atoms with E-state index in [9.17, 15) is 14.4 Å². The number of ether oxygens (including phenoxy) is 2. The van der Waals surface area contributed by atoms with Gasteiger partial charge >= 0.3 is 11.9 Å². The fourth-order valence-corrected chi connectivity index (χ4v) is 0.793. The number of methoxy groups -OCH3 is 2. The first kappa shape index (κ1) is 12.6. The summed E-state index contributed by atoms with van der Waals surface area (Å²) in [5, 5.41) is 0. The van der Waals surface area contributed by atoms with Crippen molar-refractivity contribution in [3.63, 3.8) is 0 Å². The van der Waals surface area contributed by atoms with Crippen molar-refractivity contribution < 1.29 is 23.9 Å². The standard InChI is InChI=1S/C9H14O5/c1-9(2,8(12)14-4)6(10)5-7(11)13-3/h5H2,1-4H3. The first-order valence-corrected chi connectivity index (χ1v) is 4.04. The lowest BCUT2D eigenvalue weighted by Gasteiger charge is -2.18. The van der Waals surface area contributed by atoms with E-state index in [-0.39, 0.29) is 0 Å². The monoisotopic (exact) mass is 202 g/mol. The number of carbonyl (C=O) groups is 3. The number of Topliss-reactive ketones (excluding diaryl/α,β-unsaturated/α-hetero) is 1. The van der Waals surface area contributed by atoms with Crippen molar-refractivity contribution >= 4 is 17.7 Å². The van der Waals surface area contributed by atoms with E-state index in [4.69, 9.17) is 0 Å². The highest BCUT2D eigenvalue weighted by atomic mass is 16.5. The normalized spacial score (nSPS) is 10.6. The molecule has 0 aliphatic heterocycles. The van der Waals surface area contributed by atoms with Gasteiger partial charge in [0.2, 0.25) is 0 Å². The van der Waals surface area contributed by atoms with Crippen LogP contribution in [0.15, 0.2) is 0 Å². The maximum atomic E-state index is 11.4. The molecule has 0 aromatic heterocycles. The molecule has 0 aromatic rings. The molecule has 0 saturated carbocycles. The van der Waals surface area contributed by atoms with Gasteiger partial charge in [0.15, 0.2) is 5.78 Å². The van der Waals surface area contributed by atoms with Crippen LogP contribution in [0.25, 0.3) is 0 Å². The third-order valence-corrected chi connectivity index (χ3v) is 1.93. The minimum atomic E-state index is -1.30. The van der Waals surface area contributed by atoms with Crippen molar-refractivity contribution in [2.75, 3.05) is 14.2 Å². The largest absolute Gasteiger partial charge is 0.469 e. The average Bonchev–Trinajstić information content (AvgIpc) is 2.15. The van der Waals surface area contributed by atoms with Crippen LogP contribution in [-0.2, 0) is 23.9 Å². The van der Waals surface area contributed by atoms with Crippen LogP contribution in [-0.4, -0.2) is 31.9 Å². The molecule has 0 rings (SSSR count). The summed E-state index contributed by atoms with van der Waals surface area (Å²) in [6.45, 7) is 2.81. The smallest absolute Gasteiger partial charge is 0.318 e. The molecule has 0 amide bonds. The van der Waals surface area contributed by atoms with Gasteiger partial charge in [0.25, 0.3) is 0 Å². The molecule has 0 heterocycles. The van der Waals surface area contributed by atoms with Crippen molar-refractivity contribution in [2.24, 2.45) is 5.41 Å². The summed E-state index contributed by atoms with van der Waals surface area (Å²) in [5.41, 5.74) is -1.30. The van der Waals surface area contributed by atoms with Gasteiger partial charge in [-0.25, -0.2) is 0 Å². The third kappa shape index (κ3) is 2.83. The summed E-state index contributed by atoms with van der Waals surface area (Å²) in [6.07, 6.45) is -0.418. The van der Waals surface area contributed by atoms with Gasteiger partial charge in [-0.1, -0.05) is 0 Å². The summed E-state index contributed by atoms with van der Waals surface area (Å²) < 4.78 is 8.76. The molecule has 0 fully saturated rings. The number of hydrogen-bond acceptors (Lipinski definition) is 5. The Morgan fingerprint density at radius 3 is 1.93 bits per heavy atom. The van der Waals surface area contributed by atoms with Crippen molar-refractivity contribution in [1.82, 2.24) is 0 Å². The van der Waals surface area contributed by atoms with Gasteiger partial charge in [-0.05, 0) is 13.8 Å². The summed E-state index contributed by atoms with van der Waals surface area (Å²) in [5.74, 6) is -1.84. The quantitative estimate of drug-likeness (QED) is 0.485. The predicted molar refractivity (Wildman–Crippen MR) is 47.4 cm³/mol. The summed E-state index contributed by atoms with van der Waals surface area (Å²) >= 11 is 0. The first-order valence-electron chi connectivity index (χ1n) is 4.04. The average molecular weight is 202 g/mol. The highest BCUT2D eigenvalue weighted by molar-refractivity contribution is 6.08. The Kier molecular flexibility index (Phi) is 4.27. The Hall–Kier alpha value is -1.39. The van der Waals surface area contributed by atoms with E-state index in [1.807, 2.05) is 0 Å². The zero-order chi connectivity index (χ0) is 11.4. The Balaban J connectivity index is 4.51. The third-order valence-electron chi connectivity index (χ3n) is 1.93. The van der Waals surface area contributed by atoms with Crippen molar-refractivity contribution in [1.29, 1.82) is 0 Å². The van der Waals surface area contributed by atoms with E-state index < -0.39 is 29.6 Å². The molecule has 0 radical (unpaired) electrons. The van der Waals surface area contributed by atoms with E-state index >= 15 is 0 Å². The molecule has 0 unspecified atom stereocenters. The molecule has 0 aromatic carbocycles. The molecule has 0 spiro atoms. The minimum absolute atomic E-state index is 0.418. The lowest BCUT2D eigenvalue weighted by molar-refractivity contribution is -0.157. The van der Waals surface area contributed by atoms with Gasteiger partial charge in [-0.3, -0.25) is 14.4 Å². The molecule has 0 bridgehead atoms. The van der Waals surface area contributed by atoms with Crippen LogP contribution in [0.5, 0.6) is 0 Å². The highest BCUT2D eigenvalue weighted by Gasteiger charge is 2.37. The van der Waals surface area contributed by atoms with Gasteiger partial charge < -0.3 is 9.47 Å². The van der Waals surface area contributed by atoms with Crippen LogP contribution < -0.4 is 0 Å². The van der Waals surface area contributed by atoms with E-state index in [2.05, 4.69) is 9.47 Å². The Morgan fingerprint density at radius 2 is 1.57 bits per heavy atom. The lowest BCUT2D eigenvalue weighted by atomic mass is 9.86. The lowest BCUT2D eigenvalue weighted by Crippen LogP contribution is -2.35. The van der Waals surface area contributed by atoms with Crippen molar-refractivity contribution in [3.8, 4) is 0 Å². The summed E-state index contributed by atoms with van der Waals surface area (Å²) in [4.78, 5) is 33.4. The maximum Gasteiger partial charge on any atom is 0.318 e. The second-order valence-electron chi connectivity index (χ2n) is 3.29. The van der Waals surface area contributed by atoms with Crippen LogP contribution in [0.2, 0.25) is 0 Å². The molecule has 0 N–H and O–H groups in total. The van der Waals surface area contributed by atoms with Crippen LogP contribution in [0.1, 0.15) is 20.3 Å². The molecular weight excluding hydrogens is 188 g/mol. The molecule has 80 valence electrons. The highest BCUT2D eigenvalue weighted by Crippen LogP contribution is 2.20. The van der Waals surface area contributed by atoms with Gasteiger partial charge in [-0.2, -0.15) is 0 Å². The Morgan fingerprint density at radius 1 is 1.07 bits per heavy atom. The number of esters is 2. The molecular formula is C9H14O5. The topological polar surface area (TPSA) is 69.7 Å². The Labute approximate surface area is 82.4 Å². The van der Waals surface area contributed by atoms with Gasteiger partial charge in [0, 0.05) is 0 Å². The second kappa shape index (κ2) is 4.74. The Bertz CT molecular complexity index is 254. The fraction of sp³-hybridized carbons (Fsp3) is 0.667. The second-order valence-corrected chi connectivity index (χ2v) is 3.29. The molecule has 0 atom stereocenters. The van der Waals surface area contributed by atoms with Crippen molar-refractivity contribution in [3.05, 3.63) is 0 Å². The first-order chi connectivity index (χ1) is 6.36. The summed E-state index contributed by atoms with van der Waals surface area (Å²) in [6, 6.07) is 0. The van der Waals surface area contributed by atoms with Crippen LogP contribution >= 0.6 is 0 Å². The molecule has 5 nitrogen and oxygen atoms in total. The van der Waals surface area contributed by atoms with E-state index in [1.165, 1.54) is 28.1 Å². The number of hydrogen-bond donors (Lipinski definition) is 0. The number of rotatable bonds is 4. The van der Waals surface area contributed by atoms with Crippen LogP contribution in [0.3, 0.4) is 0 Å². The van der Waals surface area contributed by atoms with E-state index in [0.29, 0.717) is 0 Å². The van der Waals surface area contributed by atoms with Gasteiger partial charge in [0.1, 0.15) is 11.8 Å². The van der Waals surface area contributed by atoms with E-state index in [1.54, 1.807) is 0 Å². The molecule has 0 aliphatic rings. The van der Waals surface area contributed by atoms with E-state index in [0.717, 1.165) is 0 Å². The van der Waals surface area contributed by atoms with Gasteiger partial charge in [-0.15, -0.1) is 0 Å². The maximum absolute atomic E-state index is 11.4. The minimum Gasteiger partial charge on any atom is -0.469 e. The predicted octanol–water partition coefficient (Wildman–Crippen LogP) is 0.318. The van der Waals surface area contributed by atoms with Crippen molar-refractivity contribution in [2.45, 2.75) is 20.3 Å². The van der Waals surface area contributed by atoms with Gasteiger partial charge in [0.05, 0.1) is 14.2 Å². The van der Waals surface area contributed by atoms with Crippen LogP contribution in [0.4, 0.5) is 0 Å². The molecule has 5 heteroatoms.